The quantitative estimate of drug-likeness (QED) is 0.768. The van der Waals surface area contributed by atoms with Crippen LogP contribution in [0.15, 0.2) is 0 Å². The van der Waals surface area contributed by atoms with Gasteiger partial charge in [-0.25, -0.2) is 0 Å². The van der Waals surface area contributed by atoms with E-state index in [-0.39, 0.29) is 0 Å². The van der Waals surface area contributed by atoms with Crippen molar-refractivity contribution in [2.75, 3.05) is 33.4 Å². The maximum Gasteiger partial charge on any atom is 0.0510 e. The molecule has 2 aliphatic rings. The largest absolute Gasteiger partial charge is 0.381 e. The standard InChI is InChI=1S/C16H32N2O/c1-13(2)10-18(15-6-4-5-7-15)11-16(17-3)14-8-9-19-12-14/h13-17H,4-12H2,1-3H3. The van der Waals surface area contributed by atoms with Crippen LogP contribution in [0, 0.1) is 11.8 Å². The van der Waals surface area contributed by atoms with E-state index >= 15 is 0 Å². The Balaban J connectivity index is 1.92. The summed E-state index contributed by atoms with van der Waals surface area (Å²) in [5.74, 6) is 1.47. The summed E-state index contributed by atoms with van der Waals surface area (Å²) in [7, 11) is 2.12. The van der Waals surface area contributed by atoms with Crippen molar-refractivity contribution in [2.45, 2.75) is 58.0 Å². The molecule has 1 aliphatic heterocycles. The first-order valence-corrected chi connectivity index (χ1v) is 8.19. The highest BCUT2D eigenvalue weighted by Gasteiger charge is 2.30. The van der Waals surface area contributed by atoms with Gasteiger partial charge in [-0.3, -0.25) is 4.90 Å². The number of hydrogen-bond donors (Lipinski definition) is 1. The minimum Gasteiger partial charge on any atom is -0.381 e. The van der Waals surface area contributed by atoms with Crippen molar-refractivity contribution in [3.63, 3.8) is 0 Å². The highest BCUT2D eigenvalue weighted by atomic mass is 16.5. The van der Waals surface area contributed by atoms with Gasteiger partial charge in [0, 0.05) is 37.7 Å². The fourth-order valence-electron chi connectivity index (χ4n) is 3.71. The Kier molecular flexibility index (Phi) is 6.11. The third kappa shape index (κ3) is 4.44. The molecule has 1 aliphatic carbocycles. The molecule has 1 saturated heterocycles. The van der Waals surface area contributed by atoms with Gasteiger partial charge in [-0.05, 0) is 32.2 Å². The SMILES string of the molecule is CNC(CN(CC(C)C)C1CCCC1)C1CCOC1. The minimum absolute atomic E-state index is 0.599. The topological polar surface area (TPSA) is 24.5 Å². The molecule has 19 heavy (non-hydrogen) atoms. The predicted octanol–water partition coefficient (Wildman–Crippen LogP) is 2.51. The Hall–Kier alpha value is -0.120. The summed E-state index contributed by atoms with van der Waals surface area (Å²) in [5.41, 5.74) is 0. The number of nitrogens with zero attached hydrogens (tertiary/aromatic N) is 1. The molecule has 0 aromatic heterocycles. The van der Waals surface area contributed by atoms with Gasteiger partial charge in [0.05, 0.1) is 6.61 Å². The van der Waals surface area contributed by atoms with Gasteiger partial charge in [0.15, 0.2) is 0 Å². The zero-order valence-corrected chi connectivity index (χ0v) is 13.0. The predicted molar refractivity (Wildman–Crippen MR) is 80.4 cm³/mol. The molecular formula is C16H32N2O. The number of rotatable bonds is 7. The molecule has 2 unspecified atom stereocenters. The summed E-state index contributed by atoms with van der Waals surface area (Å²) in [6.45, 7) is 9.04. The van der Waals surface area contributed by atoms with Gasteiger partial charge in [0.25, 0.3) is 0 Å². The van der Waals surface area contributed by atoms with Crippen LogP contribution in [0.4, 0.5) is 0 Å². The van der Waals surface area contributed by atoms with E-state index in [0.717, 1.165) is 25.2 Å². The van der Waals surface area contributed by atoms with Crippen molar-refractivity contribution >= 4 is 0 Å². The van der Waals surface area contributed by atoms with Crippen molar-refractivity contribution < 1.29 is 4.74 Å². The first-order valence-electron chi connectivity index (χ1n) is 8.19. The number of ether oxygens (including phenoxy) is 1. The molecule has 0 aromatic carbocycles. The zero-order chi connectivity index (χ0) is 13.7. The van der Waals surface area contributed by atoms with Crippen LogP contribution in [0.2, 0.25) is 0 Å². The first-order chi connectivity index (χ1) is 9.20. The van der Waals surface area contributed by atoms with Gasteiger partial charge in [-0.2, -0.15) is 0 Å². The average Bonchev–Trinajstić information content (AvgIpc) is 3.05. The van der Waals surface area contributed by atoms with Gasteiger partial charge in [0.2, 0.25) is 0 Å². The second-order valence-corrected chi connectivity index (χ2v) is 6.80. The van der Waals surface area contributed by atoms with Crippen molar-refractivity contribution in [2.24, 2.45) is 11.8 Å². The normalized spacial score (nSPS) is 26.7. The van der Waals surface area contributed by atoms with Crippen molar-refractivity contribution in [3.8, 4) is 0 Å². The summed E-state index contributed by atoms with van der Waals surface area (Å²) < 4.78 is 5.57. The molecule has 3 nitrogen and oxygen atoms in total. The lowest BCUT2D eigenvalue weighted by molar-refractivity contribution is 0.131. The van der Waals surface area contributed by atoms with E-state index in [9.17, 15) is 0 Å². The highest BCUT2D eigenvalue weighted by Crippen LogP contribution is 2.26. The lowest BCUT2D eigenvalue weighted by Gasteiger charge is -2.35. The fourth-order valence-corrected chi connectivity index (χ4v) is 3.71. The smallest absolute Gasteiger partial charge is 0.0510 e. The second kappa shape index (κ2) is 7.61. The van der Waals surface area contributed by atoms with Crippen molar-refractivity contribution in [1.82, 2.24) is 10.2 Å². The van der Waals surface area contributed by atoms with Crippen LogP contribution < -0.4 is 5.32 Å². The Morgan fingerprint density at radius 2 is 1.89 bits per heavy atom. The van der Waals surface area contributed by atoms with Gasteiger partial charge < -0.3 is 10.1 Å². The summed E-state index contributed by atoms with van der Waals surface area (Å²) in [5, 5.41) is 3.55. The average molecular weight is 268 g/mol. The molecule has 0 radical (unpaired) electrons. The Morgan fingerprint density at radius 1 is 1.16 bits per heavy atom. The molecule has 112 valence electrons. The van der Waals surface area contributed by atoms with Gasteiger partial charge in [-0.15, -0.1) is 0 Å². The van der Waals surface area contributed by atoms with Crippen LogP contribution in [-0.2, 0) is 4.74 Å². The molecule has 2 rings (SSSR count). The van der Waals surface area contributed by atoms with Crippen molar-refractivity contribution in [3.05, 3.63) is 0 Å². The van der Waals surface area contributed by atoms with Crippen LogP contribution in [0.25, 0.3) is 0 Å². The molecule has 1 heterocycles. The molecule has 1 N–H and O–H groups in total. The van der Waals surface area contributed by atoms with Gasteiger partial charge >= 0.3 is 0 Å². The van der Waals surface area contributed by atoms with E-state index in [0.29, 0.717) is 12.0 Å². The molecule has 0 bridgehead atoms. The van der Waals surface area contributed by atoms with Crippen LogP contribution in [0.3, 0.4) is 0 Å². The number of likely N-dealkylation sites (N-methyl/N-ethyl adjacent to an activating group) is 1. The summed E-state index contributed by atoms with van der Waals surface area (Å²) in [4.78, 5) is 2.76. The third-order valence-corrected chi connectivity index (χ3v) is 4.78. The molecule has 1 saturated carbocycles. The van der Waals surface area contributed by atoms with E-state index in [1.807, 2.05) is 0 Å². The summed E-state index contributed by atoms with van der Waals surface area (Å²) in [6, 6.07) is 1.43. The monoisotopic (exact) mass is 268 g/mol. The lowest BCUT2D eigenvalue weighted by atomic mass is 9.97. The van der Waals surface area contributed by atoms with Crippen LogP contribution in [0.1, 0.15) is 46.0 Å². The maximum atomic E-state index is 5.57. The van der Waals surface area contributed by atoms with Crippen LogP contribution >= 0.6 is 0 Å². The highest BCUT2D eigenvalue weighted by molar-refractivity contribution is 4.86. The number of hydrogen-bond acceptors (Lipinski definition) is 3. The third-order valence-electron chi connectivity index (χ3n) is 4.78. The summed E-state index contributed by atoms with van der Waals surface area (Å²) >= 11 is 0. The molecule has 0 spiro atoms. The van der Waals surface area contributed by atoms with E-state index in [2.05, 4.69) is 31.1 Å². The van der Waals surface area contributed by atoms with Crippen molar-refractivity contribution in [1.29, 1.82) is 0 Å². The lowest BCUT2D eigenvalue weighted by Crippen LogP contribution is -2.48. The molecule has 3 heteroatoms. The van der Waals surface area contributed by atoms with E-state index in [1.165, 1.54) is 45.2 Å². The van der Waals surface area contributed by atoms with Crippen LogP contribution in [0.5, 0.6) is 0 Å². The van der Waals surface area contributed by atoms with Gasteiger partial charge in [0.1, 0.15) is 0 Å². The van der Waals surface area contributed by atoms with Gasteiger partial charge in [-0.1, -0.05) is 26.7 Å². The molecule has 0 aromatic rings. The van der Waals surface area contributed by atoms with E-state index in [4.69, 9.17) is 4.74 Å². The molecule has 0 amide bonds. The summed E-state index contributed by atoms with van der Waals surface area (Å²) in [6.07, 6.45) is 6.90. The molecular weight excluding hydrogens is 236 g/mol. The van der Waals surface area contributed by atoms with E-state index < -0.39 is 0 Å². The first kappa shape index (κ1) is 15.3. The zero-order valence-electron chi connectivity index (χ0n) is 13.0. The molecule has 2 fully saturated rings. The van der Waals surface area contributed by atoms with E-state index in [1.54, 1.807) is 0 Å². The number of nitrogens with one attached hydrogen (secondary N) is 1. The maximum absolute atomic E-state index is 5.57. The Morgan fingerprint density at radius 3 is 2.42 bits per heavy atom. The second-order valence-electron chi connectivity index (χ2n) is 6.80. The molecule has 2 atom stereocenters. The van der Waals surface area contributed by atoms with Crippen LogP contribution in [-0.4, -0.2) is 50.3 Å². The Bertz CT molecular complexity index is 245. The fraction of sp³-hybridized carbons (Fsp3) is 1.00. The Labute approximate surface area is 119 Å². The minimum atomic E-state index is 0.599.